The number of hydrogen-bond donors (Lipinski definition) is 3. The maximum absolute atomic E-state index is 15.2. The summed E-state index contributed by atoms with van der Waals surface area (Å²) >= 11 is 1.62. The van der Waals surface area contributed by atoms with Gasteiger partial charge in [0.25, 0.3) is 0 Å². The first kappa shape index (κ1) is 29.2. The van der Waals surface area contributed by atoms with Crippen LogP contribution in [0, 0.1) is 21.0 Å². The number of rotatable bonds is 9. The minimum atomic E-state index is -5.74. The lowest BCUT2D eigenvalue weighted by molar-refractivity contribution is -0.169. The molecule has 1 aliphatic carbocycles. The lowest BCUT2D eigenvalue weighted by atomic mass is 10.1. The topological polar surface area (TPSA) is 116 Å². The predicted molar refractivity (Wildman–Crippen MR) is 127 cm³/mol. The fourth-order valence-electron chi connectivity index (χ4n) is 3.64. The summed E-state index contributed by atoms with van der Waals surface area (Å²) < 4.78 is 117. The molecule has 1 fully saturated rings. The van der Waals surface area contributed by atoms with Crippen molar-refractivity contribution >= 4 is 55.6 Å². The monoisotopic (exact) mass is 668 g/mol. The Morgan fingerprint density at radius 2 is 1.84 bits per heavy atom. The number of benzene rings is 2. The molecule has 0 bridgehead atoms. The Labute approximate surface area is 220 Å². The summed E-state index contributed by atoms with van der Waals surface area (Å²) in [7, 11) is -3.82. The third-order valence-electron chi connectivity index (χ3n) is 5.63. The van der Waals surface area contributed by atoms with Gasteiger partial charge in [-0.25, -0.2) is 21.6 Å². The van der Waals surface area contributed by atoms with Crippen LogP contribution in [0.15, 0.2) is 24.3 Å². The molecule has 8 nitrogen and oxygen atoms in total. The number of amides is 1. The highest BCUT2D eigenvalue weighted by Gasteiger charge is 2.56. The highest BCUT2D eigenvalue weighted by molar-refractivity contribution is 14.1. The molecule has 1 aliphatic rings. The van der Waals surface area contributed by atoms with Gasteiger partial charge in [0.2, 0.25) is 10.0 Å². The number of carbonyl (C=O) groups is 1. The van der Waals surface area contributed by atoms with Gasteiger partial charge in [-0.05, 0) is 60.1 Å². The third-order valence-corrected chi connectivity index (χ3v) is 8.49. The molecule has 1 amide bonds. The molecular formula is C21H19F6IN2O6S. The van der Waals surface area contributed by atoms with E-state index in [1.54, 1.807) is 22.6 Å². The van der Waals surface area contributed by atoms with Crippen molar-refractivity contribution in [3.8, 4) is 5.75 Å². The molecule has 0 aliphatic heterocycles. The highest BCUT2D eigenvalue weighted by atomic mass is 127. The zero-order valence-corrected chi connectivity index (χ0v) is 21.7. The Balaban J connectivity index is 2.31. The first-order valence-corrected chi connectivity index (χ1v) is 12.9. The average molecular weight is 668 g/mol. The molecule has 2 aromatic rings. The maximum atomic E-state index is 15.2. The van der Waals surface area contributed by atoms with E-state index in [0.29, 0.717) is 12.1 Å². The highest BCUT2D eigenvalue weighted by Crippen LogP contribution is 2.51. The van der Waals surface area contributed by atoms with E-state index in [4.69, 9.17) is 9.84 Å². The number of aliphatic hydroxyl groups excluding tert-OH is 2. The second kappa shape index (κ2) is 10.5. The van der Waals surface area contributed by atoms with E-state index in [1.807, 2.05) is 4.72 Å². The molecular weight excluding hydrogens is 649 g/mol. The van der Waals surface area contributed by atoms with Gasteiger partial charge in [0.05, 0.1) is 30.3 Å². The lowest BCUT2D eigenvalue weighted by Gasteiger charge is -2.29. The number of alkyl halides is 3. The van der Waals surface area contributed by atoms with Gasteiger partial charge in [0.1, 0.15) is 22.9 Å². The fraction of sp³-hybridized carbons (Fsp3) is 0.381. The quantitative estimate of drug-likeness (QED) is 0.276. The second-order valence-electron chi connectivity index (χ2n) is 8.16. The number of ether oxygens (including phenoxy) is 1. The molecule has 0 radical (unpaired) electrons. The summed E-state index contributed by atoms with van der Waals surface area (Å²) in [4.78, 5) is 11.9. The molecule has 37 heavy (non-hydrogen) atoms. The number of methoxy groups -OCH3 is 1. The SMILES string of the molecule is COc1cc(F)c(F)c(N(C(=O)C(F)(F)F)c2ccc(I)cc2F)c1NS(=O)(=O)C1(CC(O)CO)CC1. The maximum Gasteiger partial charge on any atom is 0.472 e. The number of aliphatic hydroxyl groups is 2. The van der Waals surface area contributed by atoms with Crippen molar-refractivity contribution in [1.82, 2.24) is 0 Å². The number of nitrogens with zero attached hydrogens (tertiary/aromatic N) is 1. The van der Waals surface area contributed by atoms with Gasteiger partial charge >= 0.3 is 12.1 Å². The van der Waals surface area contributed by atoms with E-state index in [-0.39, 0.29) is 16.4 Å². The van der Waals surface area contributed by atoms with Gasteiger partial charge in [-0.2, -0.15) is 13.2 Å². The van der Waals surface area contributed by atoms with E-state index in [0.717, 1.165) is 19.2 Å². The Bertz CT molecular complexity index is 1320. The van der Waals surface area contributed by atoms with E-state index >= 15 is 4.39 Å². The van der Waals surface area contributed by atoms with Gasteiger partial charge in [-0.3, -0.25) is 14.4 Å². The molecule has 0 spiro atoms. The first-order chi connectivity index (χ1) is 17.1. The molecule has 16 heteroatoms. The minimum Gasteiger partial charge on any atom is -0.494 e. The zero-order chi connectivity index (χ0) is 27.9. The van der Waals surface area contributed by atoms with E-state index in [9.17, 15) is 40.3 Å². The molecule has 1 atom stereocenters. The largest absolute Gasteiger partial charge is 0.494 e. The van der Waals surface area contributed by atoms with Crippen LogP contribution in [-0.4, -0.2) is 55.3 Å². The van der Waals surface area contributed by atoms with Crippen LogP contribution in [0.25, 0.3) is 0 Å². The van der Waals surface area contributed by atoms with Gasteiger partial charge < -0.3 is 14.9 Å². The van der Waals surface area contributed by atoms with Crippen molar-refractivity contribution in [1.29, 1.82) is 0 Å². The molecule has 1 saturated carbocycles. The minimum absolute atomic E-state index is 0.0440. The number of anilines is 3. The average Bonchev–Trinajstić information content (AvgIpc) is 3.59. The summed E-state index contributed by atoms with van der Waals surface area (Å²) in [6, 6.07) is 2.85. The Kier molecular flexibility index (Phi) is 8.26. The van der Waals surface area contributed by atoms with Gasteiger partial charge in [0, 0.05) is 9.64 Å². The van der Waals surface area contributed by atoms with Gasteiger partial charge in [-0.1, -0.05) is 0 Å². The number of carbonyl (C=O) groups excluding carboxylic acids is 1. The Morgan fingerprint density at radius 1 is 1.22 bits per heavy atom. The van der Waals surface area contributed by atoms with Crippen LogP contribution >= 0.6 is 22.6 Å². The summed E-state index contributed by atoms with van der Waals surface area (Å²) in [5, 5.41) is 18.8. The fourth-order valence-corrected chi connectivity index (χ4v) is 5.83. The summed E-state index contributed by atoms with van der Waals surface area (Å²) in [5.41, 5.74) is -3.85. The van der Waals surface area contributed by atoms with Crippen LogP contribution in [0.1, 0.15) is 19.3 Å². The van der Waals surface area contributed by atoms with Crippen LogP contribution in [-0.2, 0) is 14.8 Å². The van der Waals surface area contributed by atoms with E-state index < -0.39 is 91.1 Å². The summed E-state index contributed by atoms with van der Waals surface area (Å²) in [5.74, 6) is -9.02. The van der Waals surface area contributed by atoms with Crippen molar-refractivity contribution in [2.75, 3.05) is 23.3 Å². The van der Waals surface area contributed by atoms with Crippen LogP contribution in [0.4, 0.5) is 43.4 Å². The van der Waals surface area contributed by atoms with Crippen molar-refractivity contribution in [2.45, 2.75) is 36.3 Å². The number of halogens is 7. The van der Waals surface area contributed by atoms with Crippen LogP contribution in [0.2, 0.25) is 0 Å². The molecule has 204 valence electrons. The number of hydrogen-bond acceptors (Lipinski definition) is 6. The van der Waals surface area contributed by atoms with Gasteiger partial charge in [-0.15, -0.1) is 0 Å². The summed E-state index contributed by atoms with van der Waals surface area (Å²) in [6.45, 7) is -0.795. The Morgan fingerprint density at radius 3 is 2.32 bits per heavy atom. The van der Waals surface area contributed by atoms with E-state index in [2.05, 4.69) is 0 Å². The van der Waals surface area contributed by atoms with Gasteiger partial charge in [0.15, 0.2) is 11.6 Å². The first-order valence-electron chi connectivity index (χ1n) is 10.3. The summed E-state index contributed by atoms with van der Waals surface area (Å²) in [6.07, 6.45) is -7.79. The molecule has 0 heterocycles. The van der Waals surface area contributed by atoms with Crippen molar-refractivity contribution in [2.24, 2.45) is 0 Å². The van der Waals surface area contributed by atoms with Crippen molar-refractivity contribution in [3.05, 3.63) is 45.3 Å². The van der Waals surface area contributed by atoms with Crippen LogP contribution in [0.5, 0.6) is 5.75 Å². The van der Waals surface area contributed by atoms with Crippen molar-refractivity contribution < 1.29 is 54.5 Å². The Hall–Kier alpha value is -2.31. The van der Waals surface area contributed by atoms with Crippen molar-refractivity contribution in [3.63, 3.8) is 0 Å². The molecule has 0 saturated heterocycles. The van der Waals surface area contributed by atoms with Crippen LogP contribution in [0.3, 0.4) is 0 Å². The number of nitrogens with one attached hydrogen (secondary N) is 1. The molecule has 0 aromatic heterocycles. The molecule has 3 N–H and O–H groups in total. The lowest BCUT2D eigenvalue weighted by Crippen LogP contribution is -2.40. The number of sulfonamides is 1. The second-order valence-corrected chi connectivity index (χ2v) is 11.5. The van der Waals surface area contributed by atoms with E-state index in [1.165, 1.54) is 0 Å². The third kappa shape index (κ3) is 5.75. The standard InChI is InChI=1S/C21H19F6IN2O6S/c1-36-15-7-13(23)16(24)18(17(15)29-37(34,35)20(4-5-20)8-11(32)9-31)30(19(33)21(25,26)27)14-3-2-10(28)6-12(14)22/h2-3,6-7,11,29,31-32H,4-5,8-9H2,1H3. The van der Waals surface area contributed by atoms with Crippen LogP contribution < -0.4 is 14.4 Å². The zero-order valence-electron chi connectivity index (χ0n) is 18.7. The smallest absolute Gasteiger partial charge is 0.472 e. The normalized spacial score (nSPS) is 15.7. The molecule has 3 rings (SSSR count). The molecule has 1 unspecified atom stereocenters. The molecule has 2 aromatic carbocycles. The predicted octanol–water partition coefficient (Wildman–Crippen LogP) is 3.96.